The van der Waals surface area contributed by atoms with Crippen molar-refractivity contribution >= 4 is 17.3 Å². The number of non-ortho nitro benzene ring substituents is 1. The predicted octanol–water partition coefficient (Wildman–Crippen LogP) is 2.02. The number of halogens is 1. The molecule has 0 heterocycles. The van der Waals surface area contributed by atoms with Crippen LogP contribution in [0.3, 0.4) is 0 Å². The van der Waals surface area contributed by atoms with E-state index in [2.05, 4.69) is 5.32 Å². The number of rotatable bonds is 5. The van der Waals surface area contributed by atoms with Gasteiger partial charge in [0, 0.05) is 36.7 Å². The lowest BCUT2D eigenvalue weighted by Gasteiger charge is -2.13. The van der Waals surface area contributed by atoms with Crippen LogP contribution in [0.4, 0.5) is 10.1 Å². The minimum absolute atomic E-state index is 0.00259. The summed E-state index contributed by atoms with van der Waals surface area (Å²) in [4.78, 5) is 20.6. The third kappa shape index (κ3) is 4.13. The summed E-state index contributed by atoms with van der Waals surface area (Å²) in [6, 6.07) is 2.83. The molecular weight excluding hydrogens is 253 g/mol. The van der Waals surface area contributed by atoms with Crippen LogP contribution < -0.4 is 5.32 Å². The van der Waals surface area contributed by atoms with Crippen LogP contribution in [0.15, 0.2) is 18.2 Å². The first kappa shape index (κ1) is 14.7. The summed E-state index contributed by atoms with van der Waals surface area (Å²) in [5.74, 6) is -1.04. The standard InChI is InChI=1S/C12H14FN3O3/c1-7(15-8(2)17)5-12(14)10-4-3-9(16(18)19)6-11(10)13/h3-4,6-7,14H,5H2,1-2H3,(H,15,17)/t7-/m1/s1. The van der Waals surface area contributed by atoms with Crippen LogP contribution in [-0.4, -0.2) is 22.6 Å². The lowest BCUT2D eigenvalue weighted by molar-refractivity contribution is -0.385. The molecule has 6 nitrogen and oxygen atoms in total. The normalized spacial score (nSPS) is 11.7. The van der Waals surface area contributed by atoms with Crippen molar-refractivity contribution in [3.63, 3.8) is 0 Å². The Morgan fingerprint density at radius 2 is 2.21 bits per heavy atom. The largest absolute Gasteiger partial charge is 0.354 e. The molecule has 0 aliphatic carbocycles. The maximum Gasteiger partial charge on any atom is 0.272 e. The van der Waals surface area contributed by atoms with Gasteiger partial charge in [0.15, 0.2) is 0 Å². The highest BCUT2D eigenvalue weighted by molar-refractivity contribution is 5.99. The fourth-order valence-corrected chi connectivity index (χ4v) is 1.68. The van der Waals surface area contributed by atoms with Gasteiger partial charge in [0.1, 0.15) is 5.82 Å². The van der Waals surface area contributed by atoms with Gasteiger partial charge in [-0.1, -0.05) is 0 Å². The zero-order valence-electron chi connectivity index (χ0n) is 10.6. The molecular formula is C12H14FN3O3. The SMILES string of the molecule is CC(=O)N[C@H](C)CC(=N)c1ccc([N+](=O)[O-])cc1F. The second-order valence-electron chi connectivity index (χ2n) is 4.21. The molecule has 1 atom stereocenters. The molecule has 0 bridgehead atoms. The van der Waals surface area contributed by atoms with Gasteiger partial charge < -0.3 is 10.7 Å². The highest BCUT2D eigenvalue weighted by atomic mass is 19.1. The zero-order chi connectivity index (χ0) is 14.6. The molecule has 0 spiro atoms. The Hall–Kier alpha value is -2.31. The molecule has 2 N–H and O–H groups in total. The first-order valence-corrected chi connectivity index (χ1v) is 5.60. The van der Waals surface area contributed by atoms with Gasteiger partial charge >= 0.3 is 0 Å². The monoisotopic (exact) mass is 267 g/mol. The van der Waals surface area contributed by atoms with E-state index in [1.54, 1.807) is 6.92 Å². The van der Waals surface area contributed by atoms with Crippen molar-refractivity contribution < 1.29 is 14.1 Å². The van der Waals surface area contributed by atoms with Crippen molar-refractivity contribution in [2.24, 2.45) is 0 Å². The van der Waals surface area contributed by atoms with Crippen LogP contribution in [-0.2, 0) is 4.79 Å². The molecule has 19 heavy (non-hydrogen) atoms. The lowest BCUT2D eigenvalue weighted by atomic mass is 10.0. The highest BCUT2D eigenvalue weighted by Crippen LogP contribution is 2.18. The smallest absolute Gasteiger partial charge is 0.272 e. The van der Waals surface area contributed by atoms with Crippen LogP contribution in [0.5, 0.6) is 0 Å². The summed E-state index contributed by atoms with van der Waals surface area (Å²) >= 11 is 0. The van der Waals surface area contributed by atoms with Crippen LogP contribution in [0.25, 0.3) is 0 Å². The average Bonchev–Trinajstić information content (AvgIpc) is 2.26. The van der Waals surface area contributed by atoms with Crippen molar-refractivity contribution in [3.8, 4) is 0 Å². The average molecular weight is 267 g/mol. The number of nitrogens with one attached hydrogen (secondary N) is 2. The van der Waals surface area contributed by atoms with Crippen LogP contribution in [0, 0.1) is 21.3 Å². The molecule has 0 aliphatic rings. The summed E-state index contributed by atoms with van der Waals surface area (Å²) in [5, 5.41) is 20.8. The molecule has 7 heteroatoms. The van der Waals surface area contributed by atoms with Crippen molar-refractivity contribution in [3.05, 3.63) is 39.7 Å². The number of amides is 1. The Kier molecular flexibility index (Phi) is 4.68. The van der Waals surface area contributed by atoms with E-state index in [1.807, 2.05) is 0 Å². The van der Waals surface area contributed by atoms with Gasteiger partial charge in [-0.2, -0.15) is 0 Å². The molecule has 1 aromatic rings. The Morgan fingerprint density at radius 3 is 2.68 bits per heavy atom. The molecule has 0 unspecified atom stereocenters. The molecule has 0 fully saturated rings. The van der Waals surface area contributed by atoms with E-state index in [4.69, 9.17) is 5.41 Å². The number of carbonyl (C=O) groups excluding carboxylic acids is 1. The Morgan fingerprint density at radius 1 is 1.58 bits per heavy atom. The second-order valence-corrected chi connectivity index (χ2v) is 4.21. The van der Waals surface area contributed by atoms with Gasteiger partial charge in [0.25, 0.3) is 5.69 Å². The highest BCUT2D eigenvalue weighted by Gasteiger charge is 2.15. The van der Waals surface area contributed by atoms with Crippen LogP contribution in [0.1, 0.15) is 25.8 Å². The van der Waals surface area contributed by atoms with E-state index >= 15 is 0 Å². The van der Waals surface area contributed by atoms with Gasteiger partial charge in [-0.3, -0.25) is 14.9 Å². The first-order valence-electron chi connectivity index (χ1n) is 5.60. The molecule has 0 saturated heterocycles. The summed E-state index contributed by atoms with van der Waals surface area (Å²) < 4.78 is 13.6. The van der Waals surface area contributed by atoms with Crippen LogP contribution >= 0.6 is 0 Å². The van der Waals surface area contributed by atoms with E-state index in [0.717, 1.165) is 12.1 Å². The second kappa shape index (κ2) is 6.03. The number of nitrogens with zero attached hydrogens (tertiary/aromatic N) is 1. The molecule has 1 amide bonds. The van der Waals surface area contributed by atoms with Gasteiger partial charge in [-0.15, -0.1) is 0 Å². The van der Waals surface area contributed by atoms with Crippen molar-refractivity contribution in [1.82, 2.24) is 5.32 Å². The van der Waals surface area contributed by atoms with Gasteiger partial charge in [-0.25, -0.2) is 4.39 Å². The van der Waals surface area contributed by atoms with E-state index in [1.165, 1.54) is 13.0 Å². The maximum absolute atomic E-state index is 13.6. The minimum Gasteiger partial charge on any atom is -0.354 e. The summed E-state index contributed by atoms with van der Waals surface area (Å²) in [7, 11) is 0. The summed E-state index contributed by atoms with van der Waals surface area (Å²) in [6.45, 7) is 3.05. The van der Waals surface area contributed by atoms with E-state index in [9.17, 15) is 19.3 Å². The molecule has 0 radical (unpaired) electrons. The van der Waals surface area contributed by atoms with Gasteiger partial charge in [0.2, 0.25) is 5.91 Å². The molecule has 0 saturated carbocycles. The fraction of sp³-hybridized carbons (Fsp3) is 0.333. The van der Waals surface area contributed by atoms with E-state index in [0.29, 0.717) is 0 Å². The first-order chi connectivity index (χ1) is 8.81. The van der Waals surface area contributed by atoms with E-state index < -0.39 is 10.7 Å². The number of hydrogen-bond acceptors (Lipinski definition) is 4. The summed E-state index contributed by atoms with van der Waals surface area (Å²) in [6.07, 6.45) is 0.147. The Bertz CT molecular complexity index is 531. The molecule has 1 rings (SSSR count). The van der Waals surface area contributed by atoms with Crippen molar-refractivity contribution in [2.45, 2.75) is 26.3 Å². The molecule has 0 aromatic heterocycles. The number of nitro benzene ring substituents is 1. The van der Waals surface area contributed by atoms with Gasteiger partial charge in [0.05, 0.1) is 11.0 Å². The minimum atomic E-state index is -0.811. The maximum atomic E-state index is 13.6. The lowest BCUT2D eigenvalue weighted by Crippen LogP contribution is -2.32. The fourth-order valence-electron chi connectivity index (χ4n) is 1.68. The Balaban J connectivity index is 2.83. The van der Waals surface area contributed by atoms with E-state index in [-0.39, 0.29) is 35.3 Å². The van der Waals surface area contributed by atoms with Crippen LogP contribution in [0.2, 0.25) is 0 Å². The van der Waals surface area contributed by atoms with Crippen molar-refractivity contribution in [2.75, 3.05) is 0 Å². The Labute approximate surface area is 109 Å². The third-order valence-electron chi connectivity index (χ3n) is 2.45. The molecule has 1 aromatic carbocycles. The number of carbonyl (C=O) groups is 1. The number of benzene rings is 1. The number of hydrogen-bond donors (Lipinski definition) is 2. The quantitative estimate of drug-likeness (QED) is 0.485. The van der Waals surface area contributed by atoms with Gasteiger partial charge in [-0.05, 0) is 13.0 Å². The zero-order valence-corrected chi connectivity index (χ0v) is 10.6. The third-order valence-corrected chi connectivity index (χ3v) is 2.45. The van der Waals surface area contributed by atoms with Crippen molar-refractivity contribution in [1.29, 1.82) is 5.41 Å². The predicted molar refractivity (Wildman–Crippen MR) is 67.8 cm³/mol. The molecule has 102 valence electrons. The summed E-state index contributed by atoms with van der Waals surface area (Å²) in [5.41, 5.74) is -0.375. The number of nitro groups is 1. The topological polar surface area (TPSA) is 96.1 Å². The molecule has 0 aliphatic heterocycles.